The largest absolute Gasteiger partial charge is 0.0844 e. The van der Waals surface area contributed by atoms with Crippen molar-refractivity contribution >= 4 is 0 Å². The zero-order valence-corrected chi connectivity index (χ0v) is 9.69. The summed E-state index contributed by atoms with van der Waals surface area (Å²) < 4.78 is 0. The first-order valence-electron chi connectivity index (χ1n) is 5.63. The molecule has 76 valence electrons. The van der Waals surface area contributed by atoms with Gasteiger partial charge in [0.2, 0.25) is 0 Å². The molecule has 0 radical (unpaired) electrons. The van der Waals surface area contributed by atoms with Gasteiger partial charge in [-0.25, -0.2) is 0 Å². The van der Waals surface area contributed by atoms with Crippen LogP contribution in [0.2, 0.25) is 0 Å². The molecule has 0 amide bonds. The third kappa shape index (κ3) is 5.68. The lowest BCUT2D eigenvalue weighted by Crippen LogP contribution is -1.84. The van der Waals surface area contributed by atoms with Crippen LogP contribution in [0.5, 0.6) is 0 Å². The second-order valence-corrected chi connectivity index (χ2v) is 3.52. The molecule has 13 heavy (non-hydrogen) atoms. The number of hydrogen-bond acceptors (Lipinski definition) is 0. The lowest BCUT2D eigenvalue weighted by Gasteiger charge is -2.04. The van der Waals surface area contributed by atoms with Gasteiger partial charge in [0.15, 0.2) is 0 Å². The van der Waals surface area contributed by atoms with Gasteiger partial charge in [-0.1, -0.05) is 56.9 Å². The summed E-state index contributed by atoms with van der Waals surface area (Å²) in [6, 6.07) is 0. The van der Waals surface area contributed by atoms with Crippen LogP contribution in [0.15, 0.2) is 23.3 Å². The van der Waals surface area contributed by atoms with Crippen molar-refractivity contribution in [2.24, 2.45) is 0 Å². The van der Waals surface area contributed by atoms with E-state index >= 15 is 0 Å². The molecule has 0 fully saturated rings. The Balaban J connectivity index is 4.27. The van der Waals surface area contributed by atoms with Gasteiger partial charge in [-0.2, -0.15) is 0 Å². The molecule has 0 atom stereocenters. The zero-order chi connectivity index (χ0) is 10.1. The summed E-state index contributed by atoms with van der Waals surface area (Å²) in [6.07, 6.45) is 10.8. The molecule has 0 unspecified atom stereocenters. The van der Waals surface area contributed by atoms with Crippen LogP contribution in [0.4, 0.5) is 0 Å². The molecule has 0 aliphatic carbocycles. The molecule has 0 saturated heterocycles. The van der Waals surface area contributed by atoms with Crippen LogP contribution in [0.3, 0.4) is 0 Å². The van der Waals surface area contributed by atoms with Crippen molar-refractivity contribution in [3.63, 3.8) is 0 Å². The fourth-order valence-electron chi connectivity index (χ4n) is 1.52. The van der Waals surface area contributed by atoms with E-state index in [9.17, 15) is 0 Å². The molecule has 0 spiro atoms. The molecule has 0 heteroatoms. The third-order valence-electron chi connectivity index (χ3n) is 2.32. The number of allylic oxidation sites excluding steroid dienone is 4. The molecule has 0 saturated carbocycles. The predicted octanol–water partition coefficient (Wildman–Crippen LogP) is 4.87. The quantitative estimate of drug-likeness (QED) is 0.512. The minimum Gasteiger partial charge on any atom is -0.0844 e. The second-order valence-electron chi connectivity index (χ2n) is 3.52. The van der Waals surface area contributed by atoms with E-state index in [0.717, 1.165) is 0 Å². The van der Waals surface area contributed by atoms with Crippen LogP contribution in [-0.2, 0) is 0 Å². The Bertz CT molecular complexity index is 172. The van der Waals surface area contributed by atoms with Gasteiger partial charge < -0.3 is 0 Å². The van der Waals surface area contributed by atoms with Crippen LogP contribution in [0, 0.1) is 0 Å². The first kappa shape index (κ1) is 12.5. The highest BCUT2D eigenvalue weighted by atomic mass is 14.0. The highest BCUT2D eigenvalue weighted by Gasteiger charge is 1.95. The number of rotatable bonds is 6. The van der Waals surface area contributed by atoms with Crippen LogP contribution >= 0.6 is 0 Å². The van der Waals surface area contributed by atoms with E-state index in [1.807, 2.05) is 0 Å². The van der Waals surface area contributed by atoms with Gasteiger partial charge in [0.05, 0.1) is 0 Å². The van der Waals surface area contributed by atoms with E-state index < -0.39 is 0 Å². The van der Waals surface area contributed by atoms with Crippen molar-refractivity contribution in [3.05, 3.63) is 23.3 Å². The van der Waals surface area contributed by atoms with Crippen LogP contribution in [0.1, 0.15) is 59.8 Å². The summed E-state index contributed by atoms with van der Waals surface area (Å²) in [7, 11) is 0. The van der Waals surface area contributed by atoms with Gasteiger partial charge in [-0.05, 0) is 26.2 Å². The van der Waals surface area contributed by atoms with E-state index in [1.165, 1.54) is 37.7 Å². The second kappa shape index (κ2) is 8.10. The summed E-state index contributed by atoms with van der Waals surface area (Å²) in [5.74, 6) is 0. The van der Waals surface area contributed by atoms with Gasteiger partial charge in [0.1, 0.15) is 0 Å². The van der Waals surface area contributed by atoms with Crippen molar-refractivity contribution in [2.75, 3.05) is 0 Å². The average Bonchev–Trinajstić information content (AvgIpc) is 2.16. The summed E-state index contributed by atoms with van der Waals surface area (Å²) in [5.41, 5.74) is 3.11. The summed E-state index contributed by atoms with van der Waals surface area (Å²) in [4.78, 5) is 0. The number of hydrogen-bond donors (Lipinski definition) is 0. The fourth-order valence-corrected chi connectivity index (χ4v) is 1.52. The Kier molecular flexibility index (Phi) is 7.77. The molecule has 0 nitrogen and oxygen atoms in total. The molecule has 0 rings (SSSR count). The molecule has 0 aliphatic rings. The van der Waals surface area contributed by atoms with Gasteiger partial charge in [0.25, 0.3) is 0 Å². The summed E-state index contributed by atoms with van der Waals surface area (Å²) >= 11 is 0. The maximum atomic E-state index is 2.40. The first-order chi connectivity index (χ1) is 6.28. The van der Waals surface area contributed by atoms with Gasteiger partial charge in [-0.15, -0.1) is 0 Å². The van der Waals surface area contributed by atoms with Crippen molar-refractivity contribution in [3.8, 4) is 0 Å². The Labute approximate surface area is 83.7 Å². The van der Waals surface area contributed by atoms with E-state index in [0.29, 0.717) is 0 Å². The highest BCUT2D eigenvalue weighted by Crippen LogP contribution is 2.15. The fraction of sp³-hybridized carbons (Fsp3) is 0.692. The van der Waals surface area contributed by atoms with Crippen molar-refractivity contribution in [2.45, 2.75) is 59.8 Å². The molecule has 0 aromatic heterocycles. The Morgan fingerprint density at radius 2 is 1.62 bits per heavy atom. The highest BCUT2D eigenvalue weighted by molar-refractivity contribution is 5.22. The van der Waals surface area contributed by atoms with Gasteiger partial charge in [0, 0.05) is 0 Å². The van der Waals surface area contributed by atoms with E-state index in [1.54, 1.807) is 5.57 Å². The van der Waals surface area contributed by atoms with Gasteiger partial charge >= 0.3 is 0 Å². The van der Waals surface area contributed by atoms with Crippen molar-refractivity contribution in [1.82, 2.24) is 0 Å². The average molecular weight is 180 g/mol. The van der Waals surface area contributed by atoms with Crippen molar-refractivity contribution in [1.29, 1.82) is 0 Å². The third-order valence-corrected chi connectivity index (χ3v) is 2.32. The standard InChI is InChI=1S/C13H24/c1-5-9-12(7-3)11-13(8-4)10-6-2/h7,11H,5-6,8-10H2,1-4H3/b12-7-,13-11-. The molecule has 0 heterocycles. The SMILES string of the molecule is C/C=C(\C=C(\CC)CCC)CCC. The zero-order valence-electron chi connectivity index (χ0n) is 9.69. The van der Waals surface area contributed by atoms with E-state index in [-0.39, 0.29) is 0 Å². The Hall–Kier alpha value is -0.520. The van der Waals surface area contributed by atoms with Crippen LogP contribution in [-0.4, -0.2) is 0 Å². The minimum atomic E-state index is 1.20. The van der Waals surface area contributed by atoms with E-state index in [4.69, 9.17) is 0 Å². The molecule has 0 bridgehead atoms. The minimum absolute atomic E-state index is 1.20. The normalized spacial score (nSPS) is 13.5. The Morgan fingerprint density at radius 3 is 2.00 bits per heavy atom. The lowest BCUT2D eigenvalue weighted by atomic mass is 10.0. The maximum Gasteiger partial charge on any atom is -0.0285 e. The van der Waals surface area contributed by atoms with Gasteiger partial charge in [-0.3, -0.25) is 0 Å². The molecule has 0 N–H and O–H groups in total. The van der Waals surface area contributed by atoms with Crippen molar-refractivity contribution < 1.29 is 0 Å². The molecular weight excluding hydrogens is 156 g/mol. The summed E-state index contributed by atoms with van der Waals surface area (Å²) in [6.45, 7) is 8.88. The predicted molar refractivity (Wildman–Crippen MR) is 61.9 cm³/mol. The Morgan fingerprint density at radius 1 is 1.00 bits per heavy atom. The monoisotopic (exact) mass is 180 g/mol. The lowest BCUT2D eigenvalue weighted by molar-refractivity contribution is 0.848. The summed E-state index contributed by atoms with van der Waals surface area (Å²) in [5, 5.41) is 0. The first-order valence-corrected chi connectivity index (χ1v) is 5.63. The van der Waals surface area contributed by atoms with Crippen LogP contribution < -0.4 is 0 Å². The maximum absolute atomic E-state index is 2.40. The molecular formula is C13H24. The molecule has 0 aromatic carbocycles. The van der Waals surface area contributed by atoms with Crippen LogP contribution in [0.25, 0.3) is 0 Å². The smallest absolute Gasteiger partial charge is 0.0285 e. The molecule has 0 aromatic rings. The topological polar surface area (TPSA) is 0 Å². The van der Waals surface area contributed by atoms with E-state index in [2.05, 4.69) is 39.8 Å². The molecule has 0 aliphatic heterocycles.